The summed E-state index contributed by atoms with van der Waals surface area (Å²) < 4.78 is 27.1. The van der Waals surface area contributed by atoms with Crippen LogP contribution in [0.15, 0.2) is 65.9 Å². The first kappa shape index (κ1) is 22.9. The Labute approximate surface area is 203 Å². The van der Waals surface area contributed by atoms with Crippen LogP contribution >= 0.6 is 0 Å². The van der Waals surface area contributed by atoms with E-state index in [0.717, 1.165) is 50.4 Å². The van der Waals surface area contributed by atoms with Gasteiger partial charge >= 0.3 is 0 Å². The van der Waals surface area contributed by atoms with Crippen molar-refractivity contribution < 1.29 is 13.6 Å². The lowest BCUT2D eigenvalue weighted by Gasteiger charge is -2.61. The first-order valence-corrected chi connectivity index (χ1v) is 11.6. The molecule has 0 unspecified atom stereocenters. The molecule has 0 aliphatic carbocycles. The van der Waals surface area contributed by atoms with Gasteiger partial charge in [-0.3, -0.25) is 9.88 Å². The third-order valence-electron chi connectivity index (χ3n) is 6.48. The van der Waals surface area contributed by atoms with E-state index in [2.05, 4.69) is 26.0 Å². The van der Waals surface area contributed by atoms with Gasteiger partial charge in [0.25, 0.3) is 0 Å². The van der Waals surface area contributed by atoms with Crippen LogP contribution in [0.3, 0.4) is 0 Å². The molecule has 0 N–H and O–H groups in total. The summed E-state index contributed by atoms with van der Waals surface area (Å²) in [5, 5.41) is 13.0. The van der Waals surface area contributed by atoms with Crippen LogP contribution in [0, 0.1) is 28.4 Å². The number of benzene rings is 2. The molecule has 35 heavy (non-hydrogen) atoms. The lowest BCUT2D eigenvalue weighted by Crippen LogP contribution is -2.71. The maximum absolute atomic E-state index is 13.8. The van der Waals surface area contributed by atoms with Crippen molar-refractivity contribution in [2.75, 3.05) is 37.7 Å². The first-order valence-electron chi connectivity index (χ1n) is 11.6. The normalized spacial score (nSPS) is 17.0. The third kappa shape index (κ3) is 4.73. The van der Waals surface area contributed by atoms with Crippen molar-refractivity contribution in [2.45, 2.75) is 13.5 Å². The number of hydrogen-bond donors (Lipinski definition) is 0. The molecule has 2 aliphatic rings. The average molecular weight is 474 g/mol. The fourth-order valence-electron chi connectivity index (χ4n) is 4.84. The predicted octanol–water partition coefficient (Wildman–Crippen LogP) is 4.34. The largest absolute Gasteiger partial charge is 0.396 e. The zero-order valence-electron chi connectivity index (χ0n) is 19.4. The summed E-state index contributed by atoms with van der Waals surface area (Å²) in [7, 11) is 0. The standard InChI is InChI=1S/C27H25F2N5O/c1-2-35-32-26(21-6-9-23(28)24(29)11-21)25-10-5-20(13-31-25)14-33-15-27(16-33)17-34(18-27)22-7-3-19(12-30)4-8-22/h3-11,13H,2,14-18H2,1H3. The molecular formula is C27H25F2N5O. The monoisotopic (exact) mass is 473 g/mol. The molecule has 2 aromatic carbocycles. The lowest BCUT2D eigenvalue weighted by molar-refractivity contribution is -0.0273. The Morgan fingerprint density at radius 3 is 2.46 bits per heavy atom. The van der Waals surface area contributed by atoms with Crippen molar-refractivity contribution in [2.24, 2.45) is 10.6 Å². The van der Waals surface area contributed by atoms with Gasteiger partial charge in [0.1, 0.15) is 12.3 Å². The number of nitriles is 1. The van der Waals surface area contributed by atoms with Gasteiger partial charge < -0.3 is 9.74 Å². The van der Waals surface area contributed by atoms with Crippen molar-refractivity contribution in [1.29, 1.82) is 5.26 Å². The topological polar surface area (TPSA) is 64.8 Å². The van der Waals surface area contributed by atoms with Crippen LogP contribution in [0.4, 0.5) is 14.5 Å². The summed E-state index contributed by atoms with van der Waals surface area (Å²) in [5.41, 5.74) is 4.55. The van der Waals surface area contributed by atoms with Gasteiger partial charge in [0, 0.05) is 55.6 Å². The molecule has 2 aliphatic heterocycles. The van der Waals surface area contributed by atoms with Gasteiger partial charge in [-0.05, 0) is 61.0 Å². The molecule has 0 bridgehead atoms. The van der Waals surface area contributed by atoms with Gasteiger partial charge in [0.2, 0.25) is 0 Å². The molecule has 5 rings (SSSR count). The third-order valence-corrected chi connectivity index (χ3v) is 6.48. The molecule has 3 aromatic rings. The molecule has 8 heteroatoms. The van der Waals surface area contributed by atoms with Crippen LogP contribution in [0.25, 0.3) is 0 Å². The summed E-state index contributed by atoms with van der Waals surface area (Å²) in [5.74, 6) is -1.85. The number of nitrogens with zero attached hydrogens (tertiary/aromatic N) is 5. The Balaban J connectivity index is 1.18. The molecule has 0 radical (unpaired) electrons. The van der Waals surface area contributed by atoms with Crippen LogP contribution in [0.5, 0.6) is 0 Å². The second-order valence-electron chi connectivity index (χ2n) is 9.20. The number of hydrogen-bond acceptors (Lipinski definition) is 6. The average Bonchev–Trinajstić information content (AvgIpc) is 2.83. The van der Waals surface area contributed by atoms with Gasteiger partial charge in [0.15, 0.2) is 11.6 Å². The van der Waals surface area contributed by atoms with Crippen molar-refractivity contribution in [3.8, 4) is 6.07 Å². The first-order chi connectivity index (χ1) is 17.0. The molecule has 2 fully saturated rings. The number of anilines is 1. The molecule has 0 saturated carbocycles. The Morgan fingerprint density at radius 1 is 1.06 bits per heavy atom. The van der Waals surface area contributed by atoms with Crippen LogP contribution in [-0.2, 0) is 11.4 Å². The van der Waals surface area contributed by atoms with Crippen molar-refractivity contribution in [3.63, 3.8) is 0 Å². The molecule has 1 spiro atoms. The van der Waals surface area contributed by atoms with Crippen LogP contribution < -0.4 is 4.90 Å². The number of halogens is 2. The SMILES string of the molecule is CCON=C(c1ccc(F)c(F)c1)c1ccc(CN2CC3(C2)CN(c2ccc(C#N)cc2)C3)cn1. The number of oxime groups is 1. The van der Waals surface area contributed by atoms with Crippen molar-refractivity contribution in [3.05, 3.63) is 94.8 Å². The molecule has 3 heterocycles. The van der Waals surface area contributed by atoms with E-state index >= 15 is 0 Å². The molecule has 0 atom stereocenters. The van der Waals surface area contributed by atoms with E-state index in [1.165, 1.54) is 11.8 Å². The fraction of sp³-hybridized carbons (Fsp3) is 0.296. The minimum atomic E-state index is -0.941. The van der Waals surface area contributed by atoms with Crippen LogP contribution in [0.1, 0.15) is 29.3 Å². The number of likely N-dealkylation sites (tertiary alicyclic amines) is 1. The predicted molar refractivity (Wildman–Crippen MR) is 129 cm³/mol. The van der Waals surface area contributed by atoms with E-state index in [1.54, 1.807) is 13.1 Å². The maximum Gasteiger partial charge on any atom is 0.159 e. The molecule has 178 valence electrons. The highest BCUT2D eigenvalue weighted by molar-refractivity contribution is 6.11. The second-order valence-corrected chi connectivity index (χ2v) is 9.20. The van der Waals surface area contributed by atoms with Gasteiger partial charge in [-0.25, -0.2) is 8.78 Å². The summed E-state index contributed by atoms with van der Waals surface area (Å²) in [6.45, 7) is 7.07. The molecule has 0 amide bonds. The highest BCUT2D eigenvalue weighted by Gasteiger charge is 2.51. The zero-order valence-corrected chi connectivity index (χ0v) is 19.4. The number of pyridine rings is 1. The van der Waals surface area contributed by atoms with Crippen LogP contribution in [-0.4, -0.2) is 48.4 Å². The Morgan fingerprint density at radius 2 is 1.83 bits per heavy atom. The van der Waals surface area contributed by atoms with Gasteiger partial charge in [0.05, 0.1) is 17.3 Å². The van der Waals surface area contributed by atoms with E-state index in [0.29, 0.717) is 34.6 Å². The molecule has 1 aromatic heterocycles. The number of rotatable bonds is 7. The summed E-state index contributed by atoms with van der Waals surface area (Å²) in [6.07, 6.45) is 1.80. The molecule has 6 nitrogen and oxygen atoms in total. The minimum absolute atomic E-state index is 0.339. The summed E-state index contributed by atoms with van der Waals surface area (Å²) in [6, 6.07) is 17.4. The van der Waals surface area contributed by atoms with Gasteiger partial charge in [-0.1, -0.05) is 11.2 Å². The Bertz CT molecular complexity index is 1270. The van der Waals surface area contributed by atoms with Gasteiger partial charge in [-0.2, -0.15) is 5.26 Å². The van der Waals surface area contributed by atoms with E-state index in [9.17, 15) is 8.78 Å². The highest BCUT2D eigenvalue weighted by Crippen LogP contribution is 2.42. The van der Waals surface area contributed by atoms with Crippen molar-refractivity contribution in [1.82, 2.24) is 9.88 Å². The number of aromatic nitrogens is 1. The van der Waals surface area contributed by atoms with E-state index in [4.69, 9.17) is 10.1 Å². The van der Waals surface area contributed by atoms with Crippen molar-refractivity contribution >= 4 is 11.4 Å². The smallest absolute Gasteiger partial charge is 0.159 e. The van der Waals surface area contributed by atoms with E-state index in [-0.39, 0.29) is 0 Å². The lowest BCUT2D eigenvalue weighted by atomic mass is 9.72. The summed E-state index contributed by atoms with van der Waals surface area (Å²) in [4.78, 5) is 14.5. The minimum Gasteiger partial charge on any atom is -0.396 e. The molecule has 2 saturated heterocycles. The Kier molecular flexibility index (Phi) is 6.18. The van der Waals surface area contributed by atoms with E-state index in [1.807, 2.05) is 36.4 Å². The quantitative estimate of drug-likeness (QED) is 0.377. The highest BCUT2D eigenvalue weighted by atomic mass is 19.2. The summed E-state index contributed by atoms with van der Waals surface area (Å²) >= 11 is 0. The Hall–Kier alpha value is -3.83. The fourth-order valence-corrected chi connectivity index (χ4v) is 4.84. The van der Waals surface area contributed by atoms with Crippen LogP contribution in [0.2, 0.25) is 0 Å². The maximum atomic E-state index is 13.8. The molecular weight excluding hydrogens is 448 g/mol. The second kappa shape index (κ2) is 9.43. The van der Waals surface area contributed by atoms with Gasteiger partial charge in [-0.15, -0.1) is 0 Å². The zero-order chi connectivity index (χ0) is 24.4. The van der Waals surface area contributed by atoms with E-state index < -0.39 is 11.6 Å².